The Hall–Kier alpha value is -3.62. The van der Waals surface area contributed by atoms with E-state index in [1.165, 1.54) is 4.90 Å². The number of unbranched alkanes of at least 4 members (excludes halogenated alkanes) is 1. The summed E-state index contributed by atoms with van der Waals surface area (Å²) < 4.78 is 16.3. The highest BCUT2D eigenvalue weighted by molar-refractivity contribution is 6.24. The molecule has 9 nitrogen and oxygen atoms in total. The smallest absolute Gasteiger partial charge is 0.341 e. The first-order valence-electron chi connectivity index (χ1n) is 11.6. The fourth-order valence-electron chi connectivity index (χ4n) is 4.89. The SMILES string of the molecule is CCCCOC(=O)C1=C(N)OC2=C(C(=O)CCC2)[C@@]12C(=O)N(CC(=O)OCC)c1ccccc12. The van der Waals surface area contributed by atoms with E-state index in [0.717, 1.165) is 6.42 Å². The molecule has 3 aliphatic rings. The fraction of sp³-hybridized carbons (Fsp3) is 0.440. The van der Waals surface area contributed by atoms with Gasteiger partial charge >= 0.3 is 11.9 Å². The number of carbonyl (C=O) groups excluding carboxylic acids is 4. The summed E-state index contributed by atoms with van der Waals surface area (Å²) in [5, 5.41) is 0. The lowest BCUT2D eigenvalue weighted by molar-refractivity contribution is -0.142. The fourth-order valence-corrected chi connectivity index (χ4v) is 4.89. The number of amides is 1. The summed E-state index contributed by atoms with van der Waals surface area (Å²) >= 11 is 0. The van der Waals surface area contributed by atoms with E-state index < -0.39 is 23.3 Å². The number of benzene rings is 1. The van der Waals surface area contributed by atoms with Crippen molar-refractivity contribution >= 4 is 29.3 Å². The minimum absolute atomic E-state index is 0.0965. The molecule has 2 aliphatic heterocycles. The van der Waals surface area contributed by atoms with Crippen LogP contribution in [0, 0.1) is 0 Å². The van der Waals surface area contributed by atoms with Gasteiger partial charge in [-0.15, -0.1) is 0 Å². The Morgan fingerprint density at radius 3 is 2.65 bits per heavy atom. The van der Waals surface area contributed by atoms with E-state index in [0.29, 0.717) is 30.5 Å². The molecule has 1 aromatic rings. The van der Waals surface area contributed by atoms with E-state index in [9.17, 15) is 19.2 Å². The number of Topliss-reactive ketones (excluding diaryl/α,β-unsaturated/α-hetero) is 1. The predicted octanol–water partition coefficient (Wildman–Crippen LogP) is 2.38. The highest BCUT2D eigenvalue weighted by Gasteiger charge is 2.64. The van der Waals surface area contributed by atoms with E-state index in [1.54, 1.807) is 31.2 Å². The van der Waals surface area contributed by atoms with Gasteiger partial charge in [-0.05, 0) is 25.8 Å². The molecule has 2 heterocycles. The number of ketones is 1. The number of para-hydroxylation sites is 1. The lowest BCUT2D eigenvalue weighted by Crippen LogP contribution is -2.52. The first-order valence-corrected chi connectivity index (χ1v) is 11.6. The summed E-state index contributed by atoms with van der Waals surface area (Å²) in [6, 6.07) is 6.76. The van der Waals surface area contributed by atoms with Gasteiger partial charge in [-0.3, -0.25) is 19.3 Å². The number of carbonyl (C=O) groups is 4. The predicted molar refractivity (Wildman–Crippen MR) is 121 cm³/mol. The number of nitrogens with zero attached hydrogens (tertiary/aromatic N) is 1. The van der Waals surface area contributed by atoms with Gasteiger partial charge in [0.2, 0.25) is 11.8 Å². The van der Waals surface area contributed by atoms with E-state index in [2.05, 4.69) is 0 Å². The summed E-state index contributed by atoms with van der Waals surface area (Å²) in [7, 11) is 0. The van der Waals surface area contributed by atoms with Crippen molar-refractivity contribution in [1.82, 2.24) is 0 Å². The number of esters is 2. The van der Waals surface area contributed by atoms with Crippen molar-refractivity contribution in [3.8, 4) is 0 Å². The second-order valence-corrected chi connectivity index (χ2v) is 8.37. The van der Waals surface area contributed by atoms with Crippen molar-refractivity contribution in [2.75, 3.05) is 24.7 Å². The van der Waals surface area contributed by atoms with Crippen LogP contribution in [-0.2, 0) is 38.8 Å². The molecule has 1 aliphatic carbocycles. The molecular formula is C25H28N2O7. The first kappa shape index (κ1) is 23.5. The van der Waals surface area contributed by atoms with Crippen molar-refractivity contribution in [2.24, 2.45) is 5.73 Å². The standard InChI is InChI=1S/C25H28N2O7/c1-3-5-13-33-23(30)21-22(26)34-18-12-8-11-17(28)20(18)25(21)15-9-6-7-10-16(15)27(24(25)31)14-19(29)32-4-2/h6-7,9-10H,3-5,8,11-14,26H2,1-2H3/t25-/m1/s1. The van der Waals surface area contributed by atoms with Crippen LogP contribution >= 0.6 is 0 Å². The zero-order chi connectivity index (χ0) is 24.5. The molecule has 4 rings (SSSR count). The number of fused-ring (bicyclic) bond motifs is 3. The van der Waals surface area contributed by atoms with Crippen molar-refractivity contribution in [3.05, 3.63) is 52.6 Å². The zero-order valence-electron chi connectivity index (χ0n) is 19.3. The van der Waals surface area contributed by atoms with E-state index in [1.807, 2.05) is 6.92 Å². The van der Waals surface area contributed by atoms with Crippen LogP contribution in [0.5, 0.6) is 0 Å². The van der Waals surface area contributed by atoms with Crippen LogP contribution in [0.2, 0.25) is 0 Å². The van der Waals surface area contributed by atoms with Crippen LogP contribution in [0.15, 0.2) is 47.1 Å². The highest BCUT2D eigenvalue weighted by atomic mass is 16.5. The number of allylic oxidation sites excluding steroid dienone is 1. The molecule has 0 fully saturated rings. The summed E-state index contributed by atoms with van der Waals surface area (Å²) in [4.78, 5) is 54.5. The van der Waals surface area contributed by atoms with Gasteiger partial charge in [0.15, 0.2) is 5.78 Å². The van der Waals surface area contributed by atoms with Gasteiger partial charge in [0.25, 0.3) is 0 Å². The van der Waals surface area contributed by atoms with E-state index >= 15 is 0 Å². The Morgan fingerprint density at radius 1 is 1.15 bits per heavy atom. The number of rotatable bonds is 7. The molecule has 180 valence electrons. The van der Waals surface area contributed by atoms with Crippen LogP contribution < -0.4 is 10.6 Å². The lowest BCUT2D eigenvalue weighted by atomic mass is 9.64. The van der Waals surface area contributed by atoms with Gasteiger partial charge < -0.3 is 19.9 Å². The quantitative estimate of drug-likeness (QED) is 0.478. The second-order valence-electron chi connectivity index (χ2n) is 8.37. The number of hydrogen-bond donors (Lipinski definition) is 1. The third-order valence-corrected chi connectivity index (χ3v) is 6.29. The van der Waals surface area contributed by atoms with Crippen LogP contribution in [0.25, 0.3) is 0 Å². The number of ether oxygens (including phenoxy) is 3. The van der Waals surface area contributed by atoms with Crippen LogP contribution in [0.3, 0.4) is 0 Å². The minimum Gasteiger partial charge on any atom is -0.465 e. The Balaban J connectivity index is 1.94. The van der Waals surface area contributed by atoms with Gasteiger partial charge in [-0.2, -0.15) is 0 Å². The van der Waals surface area contributed by atoms with Crippen molar-refractivity contribution < 1.29 is 33.4 Å². The Kier molecular flexibility index (Phi) is 6.45. The molecule has 0 radical (unpaired) electrons. The molecule has 0 bridgehead atoms. The van der Waals surface area contributed by atoms with Gasteiger partial charge in [0.05, 0.1) is 18.8 Å². The Labute approximate surface area is 197 Å². The number of hydrogen-bond acceptors (Lipinski definition) is 8. The maximum absolute atomic E-state index is 14.2. The minimum atomic E-state index is -1.85. The lowest BCUT2D eigenvalue weighted by Gasteiger charge is -2.38. The van der Waals surface area contributed by atoms with E-state index in [-0.39, 0.29) is 54.8 Å². The summed E-state index contributed by atoms with van der Waals surface area (Å²) in [5.41, 5.74) is 5.08. The highest BCUT2D eigenvalue weighted by Crippen LogP contribution is 2.56. The van der Waals surface area contributed by atoms with Gasteiger partial charge in [-0.25, -0.2) is 4.79 Å². The molecule has 0 saturated carbocycles. The molecule has 34 heavy (non-hydrogen) atoms. The molecule has 2 N–H and O–H groups in total. The Bertz CT molecular complexity index is 1120. The van der Waals surface area contributed by atoms with Crippen molar-refractivity contribution in [3.63, 3.8) is 0 Å². The Morgan fingerprint density at radius 2 is 1.91 bits per heavy atom. The maximum atomic E-state index is 14.2. The number of nitrogens with two attached hydrogens (primary N) is 1. The third-order valence-electron chi connectivity index (χ3n) is 6.29. The first-order chi connectivity index (χ1) is 16.4. The molecule has 1 amide bonds. The second kappa shape index (κ2) is 9.32. The largest absolute Gasteiger partial charge is 0.465 e. The number of anilines is 1. The van der Waals surface area contributed by atoms with Crippen molar-refractivity contribution in [1.29, 1.82) is 0 Å². The van der Waals surface area contributed by atoms with Crippen LogP contribution in [0.4, 0.5) is 5.69 Å². The molecule has 1 atom stereocenters. The summed E-state index contributed by atoms with van der Waals surface area (Å²) in [6.45, 7) is 3.53. The normalized spacial score (nSPS) is 21.4. The summed E-state index contributed by atoms with van der Waals surface area (Å²) in [6.07, 6.45) is 2.57. The average Bonchev–Trinajstić information content (AvgIpc) is 3.03. The molecule has 9 heteroatoms. The average molecular weight is 469 g/mol. The third kappa shape index (κ3) is 3.55. The molecular weight excluding hydrogens is 440 g/mol. The summed E-state index contributed by atoms with van der Waals surface area (Å²) in [5.74, 6) is -2.34. The van der Waals surface area contributed by atoms with Gasteiger partial charge in [0.1, 0.15) is 23.3 Å². The molecule has 0 unspecified atom stereocenters. The van der Waals surface area contributed by atoms with Crippen LogP contribution in [-0.4, -0.2) is 43.4 Å². The van der Waals surface area contributed by atoms with Gasteiger partial charge in [-0.1, -0.05) is 31.5 Å². The molecule has 0 saturated heterocycles. The zero-order valence-corrected chi connectivity index (χ0v) is 19.3. The molecule has 0 aromatic heterocycles. The molecule has 1 aromatic carbocycles. The molecule has 1 spiro atoms. The van der Waals surface area contributed by atoms with E-state index in [4.69, 9.17) is 19.9 Å². The van der Waals surface area contributed by atoms with Crippen molar-refractivity contribution in [2.45, 2.75) is 51.4 Å². The maximum Gasteiger partial charge on any atom is 0.341 e. The van der Waals surface area contributed by atoms with Crippen LogP contribution in [0.1, 0.15) is 51.5 Å². The monoisotopic (exact) mass is 468 g/mol. The van der Waals surface area contributed by atoms with Gasteiger partial charge in [0, 0.05) is 24.1 Å². The topological polar surface area (TPSA) is 125 Å².